The molecule has 0 radical (unpaired) electrons. The number of benzene rings is 1. The minimum atomic E-state index is -0.790. The maximum Gasteiger partial charge on any atom is 0.311 e. The topological polar surface area (TPSA) is 66.4 Å². The van der Waals surface area contributed by atoms with E-state index in [2.05, 4.69) is 5.32 Å². The molecule has 1 aromatic rings. The Morgan fingerprint density at radius 2 is 1.85 bits per heavy atom. The van der Waals surface area contributed by atoms with Gasteiger partial charge in [0.1, 0.15) is 0 Å². The van der Waals surface area contributed by atoms with Gasteiger partial charge in [-0.2, -0.15) is 0 Å². The molecule has 0 heterocycles. The zero-order valence-corrected chi connectivity index (χ0v) is 11.8. The second kappa shape index (κ2) is 6.07. The van der Waals surface area contributed by atoms with Crippen molar-refractivity contribution in [2.75, 3.05) is 6.54 Å². The lowest BCUT2D eigenvalue weighted by Crippen LogP contribution is -2.44. The molecule has 0 spiro atoms. The number of carbonyl (C=O) groups is 2. The SMILES string of the molecule is Cc1ccccc1C(=O)NCC1(C(=O)O)CCCCC1. The lowest BCUT2D eigenvalue weighted by molar-refractivity contribution is -0.150. The minimum Gasteiger partial charge on any atom is -0.481 e. The molecule has 1 aliphatic carbocycles. The summed E-state index contributed by atoms with van der Waals surface area (Å²) in [5.74, 6) is -0.975. The second-order valence-electron chi connectivity index (χ2n) is 5.64. The van der Waals surface area contributed by atoms with Gasteiger partial charge in [0.15, 0.2) is 0 Å². The third-order valence-electron chi connectivity index (χ3n) is 4.24. The van der Waals surface area contributed by atoms with Gasteiger partial charge in [0.25, 0.3) is 5.91 Å². The number of aryl methyl sites for hydroxylation is 1. The summed E-state index contributed by atoms with van der Waals surface area (Å²) in [6.07, 6.45) is 4.23. The first-order valence-electron chi connectivity index (χ1n) is 7.12. The zero-order chi connectivity index (χ0) is 14.6. The van der Waals surface area contributed by atoms with Crippen molar-refractivity contribution in [2.45, 2.75) is 39.0 Å². The molecule has 0 aromatic heterocycles. The van der Waals surface area contributed by atoms with Gasteiger partial charge < -0.3 is 10.4 Å². The summed E-state index contributed by atoms with van der Waals surface area (Å²) in [4.78, 5) is 23.7. The number of nitrogens with one attached hydrogen (secondary N) is 1. The highest BCUT2D eigenvalue weighted by atomic mass is 16.4. The van der Waals surface area contributed by atoms with Gasteiger partial charge >= 0.3 is 5.97 Å². The average Bonchev–Trinajstić information content (AvgIpc) is 2.46. The summed E-state index contributed by atoms with van der Waals surface area (Å²) >= 11 is 0. The molecule has 2 rings (SSSR count). The average molecular weight is 275 g/mol. The molecule has 4 heteroatoms. The number of carboxylic acids is 1. The maximum atomic E-state index is 12.2. The highest BCUT2D eigenvalue weighted by molar-refractivity contribution is 5.95. The molecule has 20 heavy (non-hydrogen) atoms. The fourth-order valence-corrected chi connectivity index (χ4v) is 2.87. The monoisotopic (exact) mass is 275 g/mol. The van der Waals surface area contributed by atoms with E-state index in [0.717, 1.165) is 24.8 Å². The van der Waals surface area contributed by atoms with E-state index in [4.69, 9.17) is 0 Å². The van der Waals surface area contributed by atoms with Crippen molar-refractivity contribution in [3.05, 3.63) is 35.4 Å². The summed E-state index contributed by atoms with van der Waals surface area (Å²) < 4.78 is 0. The van der Waals surface area contributed by atoms with Gasteiger partial charge in [0.2, 0.25) is 0 Å². The van der Waals surface area contributed by atoms with Crippen LogP contribution < -0.4 is 5.32 Å². The van der Waals surface area contributed by atoms with E-state index in [-0.39, 0.29) is 12.5 Å². The first-order chi connectivity index (χ1) is 9.55. The van der Waals surface area contributed by atoms with Crippen LogP contribution in [0.4, 0.5) is 0 Å². The van der Waals surface area contributed by atoms with E-state index in [1.165, 1.54) is 0 Å². The summed E-state index contributed by atoms with van der Waals surface area (Å²) in [5.41, 5.74) is 0.734. The van der Waals surface area contributed by atoms with Crippen LogP contribution in [0, 0.1) is 12.3 Å². The van der Waals surface area contributed by atoms with Gasteiger partial charge in [-0.25, -0.2) is 0 Å². The lowest BCUT2D eigenvalue weighted by Gasteiger charge is -2.33. The first kappa shape index (κ1) is 14.6. The fourth-order valence-electron chi connectivity index (χ4n) is 2.87. The van der Waals surface area contributed by atoms with Crippen molar-refractivity contribution in [1.29, 1.82) is 0 Å². The van der Waals surface area contributed by atoms with Crippen LogP contribution in [0.2, 0.25) is 0 Å². The van der Waals surface area contributed by atoms with E-state index in [1.54, 1.807) is 6.07 Å². The quantitative estimate of drug-likeness (QED) is 0.888. The normalized spacial score (nSPS) is 17.4. The molecule has 0 bridgehead atoms. The summed E-state index contributed by atoms with van der Waals surface area (Å²) in [5, 5.41) is 12.3. The van der Waals surface area contributed by atoms with E-state index < -0.39 is 11.4 Å². The Balaban J connectivity index is 2.05. The van der Waals surface area contributed by atoms with Crippen molar-refractivity contribution < 1.29 is 14.7 Å². The Hall–Kier alpha value is -1.84. The largest absolute Gasteiger partial charge is 0.481 e. The highest BCUT2D eigenvalue weighted by Crippen LogP contribution is 2.36. The summed E-state index contributed by atoms with van der Waals surface area (Å²) in [6.45, 7) is 2.10. The molecule has 1 saturated carbocycles. The molecule has 2 N–H and O–H groups in total. The van der Waals surface area contributed by atoms with Crippen LogP contribution in [0.3, 0.4) is 0 Å². The Morgan fingerprint density at radius 3 is 2.45 bits per heavy atom. The van der Waals surface area contributed by atoms with Crippen LogP contribution in [0.25, 0.3) is 0 Å². The van der Waals surface area contributed by atoms with Crippen molar-refractivity contribution >= 4 is 11.9 Å². The van der Waals surface area contributed by atoms with Crippen molar-refractivity contribution in [2.24, 2.45) is 5.41 Å². The van der Waals surface area contributed by atoms with Crippen LogP contribution >= 0.6 is 0 Å². The Bertz CT molecular complexity index is 504. The van der Waals surface area contributed by atoms with E-state index in [9.17, 15) is 14.7 Å². The Morgan fingerprint density at radius 1 is 1.20 bits per heavy atom. The van der Waals surface area contributed by atoms with Gasteiger partial charge in [-0.3, -0.25) is 9.59 Å². The molecule has 0 saturated heterocycles. The van der Waals surface area contributed by atoms with Crippen molar-refractivity contribution in [1.82, 2.24) is 5.32 Å². The molecule has 1 aliphatic rings. The Kier molecular flexibility index (Phi) is 4.42. The van der Waals surface area contributed by atoms with Crippen LogP contribution in [0.1, 0.15) is 48.0 Å². The van der Waals surface area contributed by atoms with Crippen LogP contribution in [-0.4, -0.2) is 23.5 Å². The van der Waals surface area contributed by atoms with Gasteiger partial charge in [-0.05, 0) is 31.4 Å². The second-order valence-corrected chi connectivity index (χ2v) is 5.64. The molecule has 0 unspecified atom stereocenters. The number of hydrogen-bond donors (Lipinski definition) is 2. The molecule has 1 amide bonds. The number of carbonyl (C=O) groups excluding carboxylic acids is 1. The van der Waals surface area contributed by atoms with Gasteiger partial charge in [-0.1, -0.05) is 37.5 Å². The molecule has 1 fully saturated rings. The third-order valence-corrected chi connectivity index (χ3v) is 4.24. The van der Waals surface area contributed by atoms with Gasteiger partial charge in [0.05, 0.1) is 5.41 Å². The maximum absolute atomic E-state index is 12.2. The third kappa shape index (κ3) is 3.00. The van der Waals surface area contributed by atoms with Gasteiger partial charge in [-0.15, -0.1) is 0 Å². The predicted octanol–water partition coefficient (Wildman–Crippen LogP) is 2.76. The lowest BCUT2D eigenvalue weighted by atomic mass is 9.74. The zero-order valence-electron chi connectivity index (χ0n) is 11.8. The molecule has 0 atom stereocenters. The minimum absolute atomic E-state index is 0.186. The molecule has 0 aliphatic heterocycles. The smallest absolute Gasteiger partial charge is 0.311 e. The predicted molar refractivity (Wildman–Crippen MR) is 76.7 cm³/mol. The van der Waals surface area contributed by atoms with Gasteiger partial charge in [0, 0.05) is 12.1 Å². The van der Waals surface area contributed by atoms with E-state index in [1.807, 2.05) is 25.1 Å². The summed E-state index contributed by atoms with van der Waals surface area (Å²) in [7, 11) is 0. The number of aliphatic carboxylic acids is 1. The van der Waals surface area contributed by atoms with Crippen molar-refractivity contribution in [3.63, 3.8) is 0 Å². The molecule has 4 nitrogen and oxygen atoms in total. The Labute approximate surface area is 119 Å². The summed E-state index contributed by atoms with van der Waals surface area (Å²) in [6, 6.07) is 7.34. The molecule has 1 aromatic carbocycles. The van der Waals surface area contributed by atoms with E-state index >= 15 is 0 Å². The number of amides is 1. The van der Waals surface area contributed by atoms with Crippen molar-refractivity contribution in [3.8, 4) is 0 Å². The number of rotatable bonds is 4. The number of hydrogen-bond acceptors (Lipinski definition) is 2. The highest BCUT2D eigenvalue weighted by Gasteiger charge is 2.39. The van der Waals surface area contributed by atoms with Crippen LogP contribution in [-0.2, 0) is 4.79 Å². The standard InChI is InChI=1S/C16H21NO3/c1-12-7-3-4-8-13(12)14(18)17-11-16(15(19)20)9-5-2-6-10-16/h3-4,7-8H,2,5-6,9-11H2,1H3,(H,17,18)(H,19,20). The van der Waals surface area contributed by atoms with Crippen LogP contribution in [0.15, 0.2) is 24.3 Å². The van der Waals surface area contributed by atoms with E-state index in [0.29, 0.717) is 18.4 Å². The molecular weight excluding hydrogens is 254 g/mol. The van der Waals surface area contributed by atoms with Crippen LogP contribution in [0.5, 0.6) is 0 Å². The molecule has 108 valence electrons. The first-order valence-corrected chi connectivity index (χ1v) is 7.12. The fraction of sp³-hybridized carbons (Fsp3) is 0.500. The number of carboxylic acid groups (broad SMARTS) is 1. The molecular formula is C16H21NO3.